The molecule has 4 nitrogen and oxygen atoms in total. The second kappa shape index (κ2) is 4.79. The zero-order chi connectivity index (χ0) is 12.3. The van der Waals surface area contributed by atoms with Gasteiger partial charge in [0.05, 0.1) is 6.07 Å². The van der Waals surface area contributed by atoms with Crippen molar-refractivity contribution in [3.63, 3.8) is 0 Å². The van der Waals surface area contributed by atoms with Gasteiger partial charge in [-0.15, -0.1) is 0 Å². The molecule has 17 heavy (non-hydrogen) atoms. The lowest BCUT2D eigenvalue weighted by molar-refractivity contribution is -0.147. The van der Waals surface area contributed by atoms with Crippen LogP contribution in [0.1, 0.15) is 24.3 Å². The summed E-state index contributed by atoms with van der Waals surface area (Å²) in [6, 6.07) is 11.4. The Balaban J connectivity index is 2.15. The van der Waals surface area contributed by atoms with Gasteiger partial charge in [0, 0.05) is 18.8 Å². The molecule has 4 heteroatoms. The molecule has 1 fully saturated rings. The molecule has 1 aliphatic rings. The standard InChI is InChI=1S/C13H12N2O2/c14-6-7-15-12(16)8-11(9-13(15)17)10-4-2-1-3-5-10/h1-5,11H,7-9H2. The van der Waals surface area contributed by atoms with E-state index in [1.807, 2.05) is 36.4 Å². The fourth-order valence-electron chi connectivity index (χ4n) is 2.06. The highest BCUT2D eigenvalue weighted by Crippen LogP contribution is 2.28. The van der Waals surface area contributed by atoms with E-state index in [2.05, 4.69) is 0 Å². The highest BCUT2D eigenvalue weighted by molar-refractivity contribution is 5.98. The summed E-state index contributed by atoms with van der Waals surface area (Å²) in [5.74, 6) is -0.556. The molecule has 2 amide bonds. The van der Waals surface area contributed by atoms with Crippen LogP contribution >= 0.6 is 0 Å². The van der Waals surface area contributed by atoms with Gasteiger partial charge in [0.25, 0.3) is 0 Å². The van der Waals surface area contributed by atoms with Crippen LogP contribution in [0.15, 0.2) is 30.3 Å². The van der Waals surface area contributed by atoms with Crippen LogP contribution in [-0.4, -0.2) is 23.3 Å². The molecule has 0 aromatic heterocycles. The van der Waals surface area contributed by atoms with E-state index in [0.29, 0.717) is 12.8 Å². The molecule has 0 atom stereocenters. The predicted molar refractivity (Wildman–Crippen MR) is 60.8 cm³/mol. The third kappa shape index (κ3) is 2.34. The summed E-state index contributed by atoms with van der Waals surface area (Å²) in [5, 5.41) is 8.54. The maximum absolute atomic E-state index is 11.7. The molecule has 0 radical (unpaired) electrons. The smallest absolute Gasteiger partial charge is 0.230 e. The molecule has 1 aliphatic heterocycles. The molecule has 0 bridgehead atoms. The third-order valence-electron chi connectivity index (χ3n) is 2.94. The van der Waals surface area contributed by atoms with Crippen molar-refractivity contribution in [1.29, 1.82) is 5.26 Å². The summed E-state index contributed by atoms with van der Waals surface area (Å²) in [6.45, 7) is -0.140. The van der Waals surface area contributed by atoms with Crippen LogP contribution < -0.4 is 0 Å². The van der Waals surface area contributed by atoms with Crippen molar-refractivity contribution >= 4 is 11.8 Å². The summed E-state index contributed by atoms with van der Waals surface area (Å²) in [4.78, 5) is 24.5. The van der Waals surface area contributed by atoms with Crippen molar-refractivity contribution in [2.45, 2.75) is 18.8 Å². The quantitative estimate of drug-likeness (QED) is 0.568. The molecular formula is C13H12N2O2. The van der Waals surface area contributed by atoms with E-state index < -0.39 is 0 Å². The van der Waals surface area contributed by atoms with E-state index in [1.54, 1.807) is 0 Å². The summed E-state index contributed by atoms with van der Waals surface area (Å²) in [6.07, 6.45) is 0.606. The van der Waals surface area contributed by atoms with Gasteiger partial charge >= 0.3 is 0 Å². The summed E-state index contributed by atoms with van der Waals surface area (Å²) in [5.41, 5.74) is 1.01. The lowest BCUT2D eigenvalue weighted by atomic mass is 9.88. The Morgan fingerprint density at radius 2 is 1.76 bits per heavy atom. The topological polar surface area (TPSA) is 61.2 Å². The minimum absolute atomic E-state index is 0.0499. The number of imide groups is 1. The molecule has 1 heterocycles. The zero-order valence-corrected chi connectivity index (χ0v) is 9.30. The minimum atomic E-state index is -0.253. The predicted octanol–water partition coefficient (Wildman–Crippen LogP) is 1.44. The number of likely N-dealkylation sites (tertiary alicyclic amines) is 1. The number of carbonyl (C=O) groups is 2. The number of hydrogen-bond acceptors (Lipinski definition) is 3. The number of benzene rings is 1. The van der Waals surface area contributed by atoms with Gasteiger partial charge in [0.15, 0.2) is 0 Å². The fourth-order valence-corrected chi connectivity index (χ4v) is 2.06. The van der Waals surface area contributed by atoms with Gasteiger partial charge in [-0.3, -0.25) is 14.5 Å². The van der Waals surface area contributed by atoms with Gasteiger partial charge in [-0.1, -0.05) is 30.3 Å². The average molecular weight is 228 g/mol. The van der Waals surface area contributed by atoms with E-state index in [9.17, 15) is 9.59 Å². The first-order valence-corrected chi connectivity index (χ1v) is 5.47. The molecule has 0 saturated carbocycles. The first-order valence-electron chi connectivity index (χ1n) is 5.47. The summed E-state index contributed by atoms with van der Waals surface area (Å²) < 4.78 is 0. The SMILES string of the molecule is N#CCN1C(=O)CC(c2ccccc2)CC1=O. The Hall–Kier alpha value is -2.15. The minimum Gasteiger partial charge on any atom is -0.274 e. The summed E-state index contributed by atoms with van der Waals surface area (Å²) in [7, 11) is 0. The van der Waals surface area contributed by atoms with Gasteiger partial charge in [0.1, 0.15) is 6.54 Å². The third-order valence-corrected chi connectivity index (χ3v) is 2.94. The molecule has 0 aliphatic carbocycles. The van der Waals surface area contributed by atoms with Crippen molar-refractivity contribution < 1.29 is 9.59 Å². The second-order valence-electron chi connectivity index (χ2n) is 4.05. The van der Waals surface area contributed by atoms with E-state index in [4.69, 9.17) is 5.26 Å². The van der Waals surface area contributed by atoms with Gasteiger partial charge in [-0.05, 0) is 5.56 Å². The monoisotopic (exact) mass is 228 g/mol. The molecule has 0 N–H and O–H groups in total. The molecular weight excluding hydrogens is 216 g/mol. The Morgan fingerprint density at radius 3 is 2.29 bits per heavy atom. The lowest BCUT2D eigenvalue weighted by Crippen LogP contribution is -2.42. The highest BCUT2D eigenvalue weighted by Gasteiger charge is 2.32. The molecule has 1 aromatic carbocycles. The maximum atomic E-state index is 11.7. The number of nitriles is 1. The largest absolute Gasteiger partial charge is 0.274 e. The highest BCUT2D eigenvalue weighted by atomic mass is 16.2. The first kappa shape index (κ1) is 11.3. The van der Waals surface area contributed by atoms with E-state index in [-0.39, 0.29) is 24.3 Å². The van der Waals surface area contributed by atoms with Crippen LogP contribution in [0.2, 0.25) is 0 Å². The second-order valence-corrected chi connectivity index (χ2v) is 4.05. The van der Waals surface area contributed by atoms with Crippen LogP contribution in [0.5, 0.6) is 0 Å². The Kier molecular flexibility index (Phi) is 3.20. The molecule has 2 rings (SSSR count). The van der Waals surface area contributed by atoms with Crippen molar-refractivity contribution in [3.05, 3.63) is 35.9 Å². The Labute approximate surface area is 99.5 Å². The van der Waals surface area contributed by atoms with Crippen molar-refractivity contribution in [2.24, 2.45) is 0 Å². The molecule has 0 spiro atoms. The lowest BCUT2D eigenvalue weighted by Gasteiger charge is -2.28. The summed E-state index contributed by atoms with van der Waals surface area (Å²) >= 11 is 0. The number of rotatable bonds is 2. The molecule has 0 unspecified atom stereocenters. The number of piperidine rings is 1. The normalized spacial score (nSPS) is 17.0. The molecule has 86 valence electrons. The fraction of sp³-hybridized carbons (Fsp3) is 0.308. The van der Waals surface area contributed by atoms with Gasteiger partial charge in [-0.25, -0.2) is 0 Å². The van der Waals surface area contributed by atoms with E-state index in [1.165, 1.54) is 0 Å². The number of nitrogens with zero attached hydrogens (tertiary/aromatic N) is 2. The van der Waals surface area contributed by atoms with Gasteiger partial charge in [-0.2, -0.15) is 5.26 Å². The van der Waals surface area contributed by atoms with E-state index >= 15 is 0 Å². The van der Waals surface area contributed by atoms with Crippen LogP contribution in [-0.2, 0) is 9.59 Å². The van der Waals surface area contributed by atoms with Crippen LogP contribution in [0, 0.1) is 11.3 Å². The number of carbonyl (C=O) groups excluding carboxylic acids is 2. The Morgan fingerprint density at radius 1 is 1.18 bits per heavy atom. The van der Waals surface area contributed by atoms with Gasteiger partial charge in [0.2, 0.25) is 11.8 Å². The van der Waals surface area contributed by atoms with Crippen LogP contribution in [0.3, 0.4) is 0 Å². The maximum Gasteiger partial charge on any atom is 0.230 e. The molecule has 1 aromatic rings. The van der Waals surface area contributed by atoms with Gasteiger partial charge < -0.3 is 0 Å². The van der Waals surface area contributed by atoms with Crippen molar-refractivity contribution in [3.8, 4) is 6.07 Å². The van der Waals surface area contributed by atoms with E-state index in [0.717, 1.165) is 10.5 Å². The number of amides is 2. The van der Waals surface area contributed by atoms with Crippen molar-refractivity contribution in [1.82, 2.24) is 4.90 Å². The van der Waals surface area contributed by atoms with Crippen LogP contribution in [0.4, 0.5) is 0 Å². The van der Waals surface area contributed by atoms with Crippen molar-refractivity contribution in [2.75, 3.05) is 6.54 Å². The number of hydrogen-bond donors (Lipinski definition) is 0. The average Bonchev–Trinajstić information content (AvgIpc) is 2.35. The first-order chi connectivity index (χ1) is 8.22. The Bertz CT molecular complexity index is 458. The zero-order valence-electron chi connectivity index (χ0n) is 9.30. The molecule has 1 saturated heterocycles. The van der Waals surface area contributed by atoms with Crippen LogP contribution in [0.25, 0.3) is 0 Å².